The molecule has 0 N–H and O–H groups in total. The van der Waals surface area contributed by atoms with E-state index in [0.29, 0.717) is 0 Å². The van der Waals surface area contributed by atoms with E-state index in [4.69, 9.17) is 0 Å². The Morgan fingerprint density at radius 2 is 1.78 bits per heavy atom. The summed E-state index contributed by atoms with van der Waals surface area (Å²) >= 11 is 0. The second-order valence-electron chi connectivity index (χ2n) is 4.38. The number of pyridine rings is 1. The van der Waals surface area contributed by atoms with Crippen LogP contribution in [0.2, 0.25) is 0 Å². The number of carbonyl (C=O) groups is 2. The first-order valence-corrected chi connectivity index (χ1v) is 6.40. The number of hydrogen-bond acceptors (Lipinski definition) is 7. The fraction of sp³-hybridized carbons (Fsp3) is 0.133. The molecule has 1 aromatic heterocycles. The molecule has 8 heteroatoms. The molecule has 0 atom stereocenters. The fourth-order valence-corrected chi connectivity index (χ4v) is 2.01. The summed E-state index contributed by atoms with van der Waals surface area (Å²) in [7, 11) is 2.37. The smallest absolute Gasteiger partial charge is 0.339 e. The molecular weight excluding hydrogens is 304 g/mol. The van der Waals surface area contributed by atoms with E-state index in [1.807, 2.05) is 0 Å². The third-order valence-electron chi connectivity index (χ3n) is 3.07. The summed E-state index contributed by atoms with van der Waals surface area (Å²) in [5, 5.41) is 11.3. The van der Waals surface area contributed by atoms with Gasteiger partial charge in [0.25, 0.3) is 5.69 Å². The van der Waals surface area contributed by atoms with Crippen LogP contribution in [0.25, 0.3) is 11.3 Å². The van der Waals surface area contributed by atoms with E-state index in [2.05, 4.69) is 14.5 Å². The van der Waals surface area contributed by atoms with Crippen LogP contribution in [-0.2, 0) is 9.47 Å². The topological polar surface area (TPSA) is 109 Å². The van der Waals surface area contributed by atoms with E-state index < -0.39 is 22.5 Å². The number of nitro groups is 1. The molecular formula is C15H12N2O6. The molecule has 0 saturated carbocycles. The SMILES string of the molecule is COC(=O)c1cnc(-c2ccccc2C(=O)OC)c([N+](=O)[O-])c1. The predicted octanol–water partition coefficient (Wildman–Crippen LogP) is 2.23. The van der Waals surface area contributed by atoms with Gasteiger partial charge >= 0.3 is 11.9 Å². The minimum Gasteiger partial charge on any atom is -0.465 e. The molecule has 0 amide bonds. The second-order valence-corrected chi connectivity index (χ2v) is 4.38. The maximum atomic E-state index is 11.8. The first-order valence-electron chi connectivity index (χ1n) is 6.40. The Morgan fingerprint density at radius 1 is 1.13 bits per heavy atom. The lowest BCUT2D eigenvalue weighted by Crippen LogP contribution is -2.07. The summed E-state index contributed by atoms with van der Waals surface area (Å²) in [6, 6.07) is 7.26. The minimum absolute atomic E-state index is 0.0383. The van der Waals surface area contributed by atoms with Crippen molar-refractivity contribution in [3.63, 3.8) is 0 Å². The van der Waals surface area contributed by atoms with Gasteiger partial charge in [0.15, 0.2) is 0 Å². The highest BCUT2D eigenvalue weighted by Gasteiger charge is 2.24. The van der Waals surface area contributed by atoms with Crippen LogP contribution in [0.1, 0.15) is 20.7 Å². The van der Waals surface area contributed by atoms with Crippen molar-refractivity contribution in [1.82, 2.24) is 4.98 Å². The molecule has 2 rings (SSSR count). The Morgan fingerprint density at radius 3 is 2.39 bits per heavy atom. The van der Waals surface area contributed by atoms with Crippen molar-refractivity contribution < 1.29 is 24.0 Å². The van der Waals surface area contributed by atoms with Crippen molar-refractivity contribution in [2.75, 3.05) is 14.2 Å². The van der Waals surface area contributed by atoms with Crippen molar-refractivity contribution in [3.8, 4) is 11.3 Å². The molecule has 2 aromatic rings. The number of rotatable bonds is 4. The Bertz CT molecular complexity index is 787. The molecule has 118 valence electrons. The van der Waals surface area contributed by atoms with Gasteiger partial charge in [0.05, 0.1) is 30.3 Å². The molecule has 0 unspecified atom stereocenters. The zero-order valence-corrected chi connectivity index (χ0v) is 12.3. The van der Waals surface area contributed by atoms with Gasteiger partial charge in [-0.15, -0.1) is 0 Å². The van der Waals surface area contributed by atoms with E-state index in [-0.39, 0.29) is 22.4 Å². The monoisotopic (exact) mass is 316 g/mol. The van der Waals surface area contributed by atoms with Crippen LogP contribution >= 0.6 is 0 Å². The summed E-state index contributed by atoms with van der Waals surface area (Å²) in [6.07, 6.45) is 1.15. The Kier molecular flexibility index (Phi) is 4.65. The average Bonchev–Trinajstić information content (AvgIpc) is 2.59. The number of methoxy groups -OCH3 is 2. The van der Waals surface area contributed by atoms with Crippen LogP contribution in [-0.4, -0.2) is 36.1 Å². The van der Waals surface area contributed by atoms with Crippen LogP contribution in [0.15, 0.2) is 36.5 Å². The second kappa shape index (κ2) is 6.65. The van der Waals surface area contributed by atoms with E-state index >= 15 is 0 Å². The fourth-order valence-electron chi connectivity index (χ4n) is 2.01. The van der Waals surface area contributed by atoms with E-state index in [0.717, 1.165) is 19.4 Å². The molecule has 0 aliphatic carbocycles. The van der Waals surface area contributed by atoms with E-state index in [9.17, 15) is 19.7 Å². The largest absolute Gasteiger partial charge is 0.465 e. The summed E-state index contributed by atoms with van der Waals surface area (Å²) < 4.78 is 9.19. The average molecular weight is 316 g/mol. The van der Waals surface area contributed by atoms with Gasteiger partial charge in [-0.3, -0.25) is 10.1 Å². The predicted molar refractivity (Wildman–Crippen MR) is 79.0 cm³/mol. The van der Waals surface area contributed by atoms with Gasteiger partial charge in [-0.05, 0) is 6.07 Å². The van der Waals surface area contributed by atoms with Gasteiger partial charge in [-0.1, -0.05) is 18.2 Å². The van der Waals surface area contributed by atoms with Crippen LogP contribution in [0.3, 0.4) is 0 Å². The van der Waals surface area contributed by atoms with Gasteiger partial charge in [0.1, 0.15) is 5.69 Å². The molecule has 0 fully saturated rings. The Balaban J connectivity index is 2.67. The lowest BCUT2D eigenvalue weighted by atomic mass is 10.0. The molecule has 1 aromatic carbocycles. The first-order chi connectivity index (χ1) is 11.0. The van der Waals surface area contributed by atoms with Crippen molar-refractivity contribution in [2.24, 2.45) is 0 Å². The first kappa shape index (κ1) is 16.1. The molecule has 1 heterocycles. The van der Waals surface area contributed by atoms with Gasteiger partial charge in [0.2, 0.25) is 0 Å². The summed E-state index contributed by atoms with van der Waals surface area (Å²) in [5.41, 5.74) is -0.134. The number of benzene rings is 1. The van der Waals surface area contributed by atoms with Crippen LogP contribution in [0.5, 0.6) is 0 Å². The highest BCUT2D eigenvalue weighted by Crippen LogP contribution is 2.31. The molecule has 0 radical (unpaired) electrons. The number of esters is 2. The van der Waals surface area contributed by atoms with Crippen molar-refractivity contribution >= 4 is 17.6 Å². The van der Waals surface area contributed by atoms with Crippen LogP contribution < -0.4 is 0 Å². The van der Waals surface area contributed by atoms with E-state index in [1.54, 1.807) is 12.1 Å². The minimum atomic E-state index is -0.742. The normalized spacial score (nSPS) is 10.0. The summed E-state index contributed by atoms with van der Waals surface area (Å²) in [5.74, 6) is -1.39. The van der Waals surface area contributed by atoms with Crippen LogP contribution in [0.4, 0.5) is 5.69 Å². The number of hydrogen-bond donors (Lipinski definition) is 0. The Hall–Kier alpha value is -3.29. The van der Waals surface area contributed by atoms with Crippen molar-refractivity contribution in [2.45, 2.75) is 0 Å². The highest BCUT2D eigenvalue weighted by atomic mass is 16.6. The molecule has 0 aliphatic heterocycles. The molecule has 23 heavy (non-hydrogen) atoms. The van der Waals surface area contributed by atoms with Gasteiger partial charge in [0, 0.05) is 17.8 Å². The molecule has 0 aliphatic rings. The zero-order valence-electron chi connectivity index (χ0n) is 12.3. The zero-order chi connectivity index (χ0) is 17.0. The summed E-state index contributed by atoms with van der Waals surface area (Å²) in [6.45, 7) is 0. The standard InChI is InChI=1S/C15H12N2O6/c1-22-14(18)9-7-12(17(20)21)13(16-8-9)10-5-3-4-6-11(10)15(19)23-2/h3-8H,1-2H3. The van der Waals surface area contributed by atoms with Gasteiger partial charge in [-0.2, -0.15) is 0 Å². The third kappa shape index (κ3) is 3.15. The van der Waals surface area contributed by atoms with Crippen molar-refractivity contribution in [3.05, 3.63) is 57.8 Å². The lowest BCUT2D eigenvalue weighted by Gasteiger charge is -2.08. The maximum Gasteiger partial charge on any atom is 0.339 e. The quantitative estimate of drug-likeness (QED) is 0.483. The molecule has 0 bridgehead atoms. The number of nitrogens with zero attached hydrogens (tertiary/aromatic N) is 2. The van der Waals surface area contributed by atoms with Crippen LogP contribution in [0, 0.1) is 10.1 Å². The Labute approximate surface area is 130 Å². The van der Waals surface area contributed by atoms with Gasteiger partial charge < -0.3 is 9.47 Å². The lowest BCUT2D eigenvalue weighted by molar-refractivity contribution is -0.384. The van der Waals surface area contributed by atoms with Gasteiger partial charge in [-0.25, -0.2) is 14.6 Å². The van der Waals surface area contributed by atoms with Crippen molar-refractivity contribution in [1.29, 1.82) is 0 Å². The molecule has 0 saturated heterocycles. The number of ether oxygens (including phenoxy) is 2. The highest BCUT2D eigenvalue weighted by molar-refractivity contribution is 5.98. The molecule has 0 spiro atoms. The number of carbonyl (C=O) groups excluding carboxylic acids is 2. The third-order valence-corrected chi connectivity index (χ3v) is 3.07. The van der Waals surface area contributed by atoms with E-state index in [1.165, 1.54) is 19.2 Å². The number of aromatic nitrogens is 1. The molecule has 8 nitrogen and oxygen atoms in total. The maximum absolute atomic E-state index is 11.8. The summed E-state index contributed by atoms with van der Waals surface area (Å²) in [4.78, 5) is 37.9.